The van der Waals surface area contributed by atoms with Gasteiger partial charge in [-0.05, 0) is 29.8 Å². The Labute approximate surface area is 169 Å². The second kappa shape index (κ2) is 7.97. The Kier molecular flexibility index (Phi) is 5.59. The molecule has 1 aromatic heterocycles. The fourth-order valence-corrected chi connectivity index (χ4v) is 2.98. The van der Waals surface area contributed by atoms with Crippen molar-refractivity contribution in [1.82, 2.24) is 9.97 Å². The first kappa shape index (κ1) is 21.0. The molecule has 0 aliphatic rings. The summed E-state index contributed by atoms with van der Waals surface area (Å²) in [5, 5.41) is 10.4. The molecule has 0 fully saturated rings. The predicted octanol–water partition coefficient (Wildman–Crippen LogP) is 4.14. The second-order valence-electron chi connectivity index (χ2n) is 6.10. The summed E-state index contributed by atoms with van der Waals surface area (Å²) in [6.45, 7) is 0. The van der Waals surface area contributed by atoms with E-state index in [1.54, 1.807) is 0 Å². The molecule has 0 amide bonds. The molecule has 3 rings (SSSR count). The summed E-state index contributed by atoms with van der Waals surface area (Å²) >= 11 is 0. The summed E-state index contributed by atoms with van der Waals surface area (Å²) in [7, 11) is 4.17. The van der Waals surface area contributed by atoms with Crippen LogP contribution in [0.1, 0.15) is 5.69 Å². The first-order valence-corrected chi connectivity index (χ1v) is 8.54. The van der Waals surface area contributed by atoms with E-state index in [2.05, 4.69) is 9.97 Å². The van der Waals surface area contributed by atoms with E-state index in [0.717, 1.165) is 0 Å². The number of alkyl halides is 3. The molecule has 0 aliphatic heterocycles. The normalized spacial score (nSPS) is 11.3. The number of aromatic hydroxyl groups is 1. The topological polar surface area (TPSA) is 99.7 Å². The van der Waals surface area contributed by atoms with Crippen LogP contribution in [0.5, 0.6) is 23.0 Å². The molecule has 2 aromatic carbocycles. The standard InChI is InChI=1S/C20H18F3N3O4/c1-28-11-5-6-12(13(27)9-11)17-16(18(20(21,22)23)26-19(24)25-17)10-4-7-14(29-2)15(8-10)30-3/h4-9,27H,1-3H3,(H2,24,25,26). The lowest BCUT2D eigenvalue weighted by Crippen LogP contribution is -2.14. The molecule has 0 saturated heterocycles. The van der Waals surface area contributed by atoms with Gasteiger partial charge >= 0.3 is 6.18 Å². The molecule has 0 aliphatic carbocycles. The molecule has 3 aromatic rings. The highest BCUT2D eigenvalue weighted by atomic mass is 19.4. The van der Waals surface area contributed by atoms with Crippen LogP contribution in [-0.2, 0) is 6.18 Å². The molecule has 0 unspecified atom stereocenters. The molecule has 158 valence electrons. The maximum atomic E-state index is 13.9. The Morgan fingerprint density at radius 1 is 0.900 bits per heavy atom. The van der Waals surface area contributed by atoms with Gasteiger partial charge in [-0.1, -0.05) is 6.07 Å². The lowest BCUT2D eigenvalue weighted by Gasteiger charge is -2.18. The van der Waals surface area contributed by atoms with Gasteiger partial charge in [-0.3, -0.25) is 0 Å². The molecular formula is C20H18F3N3O4. The summed E-state index contributed by atoms with van der Waals surface area (Å²) in [5.74, 6) is -0.0501. The van der Waals surface area contributed by atoms with Crippen LogP contribution in [0.2, 0.25) is 0 Å². The zero-order chi connectivity index (χ0) is 22.1. The van der Waals surface area contributed by atoms with E-state index in [1.807, 2.05) is 0 Å². The average Bonchev–Trinajstić information content (AvgIpc) is 2.71. The quantitative estimate of drug-likeness (QED) is 0.639. The van der Waals surface area contributed by atoms with Crippen LogP contribution in [0.4, 0.5) is 19.1 Å². The number of aromatic nitrogens is 2. The third kappa shape index (κ3) is 3.88. The van der Waals surface area contributed by atoms with Gasteiger partial charge in [-0.25, -0.2) is 9.97 Å². The van der Waals surface area contributed by atoms with E-state index >= 15 is 0 Å². The Hall–Kier alpha value is -3.69. The third-order valence-electron chi connectivity index (χ3n) is 4.33. The molecule has 0 saturated carbocycles. The lowest BCUT2D eigenvalue weighted by molar-refractivity contribution is -0.140. The zero-order valence-electron chi connectivity index (χ0n) is 16.2. The minimum absolute atomic E-state index is 0.0279. The Balaban J connectivity index is 2.38. The average molecular weight is 421 g/mol. The summed E-state index contributed by atoms with van der Waals surface area (Å²) in [6.07, 6.45) is -4.84. The molecule has 30 heavy (non-hydrogen) atoms. The van der Waals surface area contributed by atoms with Crippen molar-refractivity contribution in [2.24, 2.45) is 0 Å². The molecular weight excluding hydrogens is 403 g/mol. The van der Waals surface area contributed by atoms with Crippen molar-refractivity contribution in [2.45, 2.75) is 6.18 Å². The van der Waals surface area contributed by atoms with Crippen LogP contribution >= 0.6 is 0 Å². The smallest absolute Gasteiger partial charge is 0.434 e. The summed E-state index contributed by atoms with van der Waals surface area (Å²) in [4.78, 5) is 7.43. The number of anilines is 1. The fraction of sp³-hybridized carbons (Fsp3) is 0.200. The number of ether oxygens (including phenoxy) is 3. The van der Waals surface area contributed by atoms with E-state index in [9.17, 15) is 18.3 Å². The van der Waals surface area contributed by atoms with Gasteiger partial charge in [0.2, 0.25) is 5.95 Å². The maximum absolute atomic E-state index is 13.9. The highest BCUT2D eigenvalue weighted by Crippen LogP contribution is 2.45. The van der Waals surface area contributed by atoms with Crippen molar-refractivity contribution in [2.75, 3.05) is 27.1 Å². The number of hydrogen-bond donors (Lipinski definition) is 2. The number of nitrogen functional groups attached to an aromatic ring is 1. The Bertz CT molecular complexity index is 1090. The Morgan fingerprint density at radius 3 is 2.17 bits per heavy atom. The van der Waals surface area contributed by atoms with Crippen LogP contribution in [0.15, 0.2) is 36.4 Å². The van der Waals surface area contributed by atoms with Crippen LogP contribution < -0.4 is 19.9 Å². The number of benzene rings is 2. The summed E-state index contributed by atoms with van der Waals surface area (Å²) in [5.41, 5.74) is 3.91. The van der Waals surface area contributed by atoms with Crippen LogP contribution in [0.25, 0.3) is 22.4 Å². The zero-order valence-corrected chi connectivity index (χ0v) is 16.2. The summed E-state index contributed by atoms with van der Waals surface area (Å²) < 4.78 is 57.0. The van der Waals surface area contributed by atoms with Crippen molar-refractivity contribution in [1.29, 1.82) is 0 Å². The molecule has 0 atom stereocenters. The predicted molar refractivity (Wildman–Crippen MR) is 104 cm³/mol. The van der Waals surface area contributed by atoms with E-state index in [-0.39, 0.29) is 33.9 Å². The van der Waals surface area contributed by atoms with Gasteiger partial charge in [-0.2, -0.15) is 13.2 Å². The van der Waals surface area contributed by atoms with Gasteiger partial charge in [0.05, 0.1) is 27.0 Å². The number of phenolic OH excluding ortho intramolecular Hbond substituents is 1. The van der Waals surface area contributed by atoms with Gasteiger partial charge in [0, 0.05) is 17.2 Å². The number of phenols is 1. The van der Waals surface area contributed by atoms with Crippen LogP contribution in [0.3, 0.4) is 0 Å². The van der Waals surface area contributed by atoms with Crippen molar-refractivity contribution in [3.63, 3.8) is 0 Å². The third-order valence-corrected chi connectivity index (χ3v) is 4.33. The minimum atomic E-state index is -4.84. The number of hydrogen-bond acceptors (Lipinski definition) is 7. The van der Waals surface area contributed by atoms with Crippen molar-refractivity contribution < 1.29 is 32.5 Å². The second-order valence-corrected chi connectivity index (χ2v) is 6.10. The van der Waals surface area contributed by atoms with Crippen LogP contribution in [-0.4, -0.2) is 36.4 Å². The van der Waals surface area contributed by atoms with Gasteiger partial charge in [-0.15, -0.1) is 0 Å². The van der Waals surface area contributed by atoms with Gasteiger partial charge < -0.3 is 25.1 Å². The van der Waals surface area contributed by atoms with E-state index in [4.69, 9.17) is 19.9 Å². The van der Waals surface area contributed by atoms with Gasteiger partial charge in [0.15, 0.2) is 17.2 Å². The molecule has 0 spiro atoms. The van der Waals surface area contributed by atoms with Crippen molar-refractivity contribution in [3.05, 3.63) is 42.1 Å². The molecule has 7 nitrogen and oxygen atoms in total. The number of nitrogens with two attached hydrogens (primary N) is 1. The number of methoxy groups -OCH3 is 3. The van der Waals surface area contributed by atoms with Crippen molar-refractivity contribution >= 4 is 5.95 Å². The SMILES string of the molecule is COc1ccc(-c2nc(N)nc(C(F)(F)F)c2-c2ccc(OC)c(OC)c2)c(O)c1. The Morgan fingerprint density at radius 2 is 1.60 bits per heavy atom. The van der Waals surface area contributed by atoms with E-state index < -0.39 is 17.8 Å². The first-order chi connectivity index (χ1) is 14.2. The first-order valence-electron chi connectivity index (χ1n) is 8.54. The number of halogens is 3. The molecule has 1 heterocycles. The highest BCUT2D eigenvalue weighted by Gasteiger charge is 2.38. The van der Waals surface area contributed by atoms with Crippen LogP contribution in [0, 0.1) is 0 Å². The maximum Gasteiger partial charge on any atom is 0.434 e. The van der Waals surface area contributed by atoms with E-state index in [0.29, 0.717) is 11.5 Å². The number of nitrogens with zero attached hydrogens (tertiary/aromatic N) is 2. The molecule has 0 bridgehead atoms. The molecule has 3 N–H and O–H groups in total. The molecule has 10 heteroatoms. The lowest BCUT2D eigenvalue weighted by atomic mass is 9.96. The van der Waals surface area contributed by atoms with Gasteiger partial charge in [0.25, 0.3) is 0 Å². The van der Waals surface area contributed by atoms with Gasteiger partial charge in [0.1, 0.15) is 11.5 Å². The minimum Gasteiger partial charge on any atom is -0.507 e. The number of rotatable bonds is 5. The highest BCUT2D eigenvalue weighted by molar-refractivity contribution is 5.86. The fourth-order valence-electron chi connectivity index (χ4n) is 2.98. The molecule has 0 radical (unpaired) electrons. The summed E-state index contributed by atoms with van der Waals surface area (Å²) in [6, 6.07) is 8.38. The largest absolute Gasteiger partial charge is 0.507 e. The van der Waals surface area contributed by atoms with E-state index in [1.165, 1.54) is 57.7 Å². The monoisotopic (exact) mass is 421 g/mol. The van der Waals surface area contributed by atoms with Crippen molar-refractivity contribution in [3.8, 4) is 45.4 Å².